The van der Waals surface area contributed by atoms with E-state index in [0.717, 1.165) is 189 Å². The van der Waals surface area contributed by atoms with Gasteiger partial charge in [0.05, 0.1) is 38.1 Å². The lowest BCUT2D eigenvalue weighted by Crippen LogP contribution is -2.61. The molecule has 14 nitrogen and oxygen atoms in total. The van der Waals surface area contributed by atoms with E-state index in [1.54, 1.807) is 0 Å². The number of ether oxygens (including phenoxy) is 6. The summed E-state index contributed by atoms with van der Waals surface area (Å²) in [6.07, 6.45) is 65.3. The van der Waals surface area contributed by atoms with E-state index in [0.29, 0.717) is 60.2 Å². The van der Waals surface area contributed by atoms with Crippen LogP contribution in [0.25, 0.3) is 0 Å². The molecule has 17 rings (SSSR count). The Labute approximate surface area is 809 Å². The number of aldehydes is 1. The Hall–Kier alpha value is -5.11. The van der Waals surface area contributed by atoms with Gasteiger partial charge >= 0.3 is 35.8 Å². The van der Waals surface area contributed by atoms with Crippen LogP contribution in [0, 0.1) is 121 Å². The summed E-state index contributed by atoms with van der Waals surface area (Å²) in [7, 11) is 0. The van der Waals surface area contributed by atoms with Crippen LogP contribution in [0.1, 0.15) is 472 Å². The monoisotopic (exact) mass is 1840 g/mol. The molecule has 17 aliphatic rings. The van der Waals surface area contributed by atoms with Crippen LogP contribution in [0.2, 0.25) is 0 Å². The van der Waals surface area contributed by atoms with Crippen LogP contribution in [-0.2, 0) is 62.0 Å². The van der Waals surface area contributed by atoms with Gasteiger partial charge in [0, 0.05) is 42.4 Å². The fourth-order valence-electron chi connectivity index (χ4n) is 26.1. The molecule has 132 heavy (non-hydrogen) atoms. The van der Waals surface area contributed by atoms with Gasteiger partial charge in [0.2, 0.25) is 0 Å². The highest BCUT2D eigenvalue weighted by Gasteiger charge is 2.65. The molecule has 10 bridgehead atoms. The topological polar surface area (TPSA) is 195 Å². The minimum atomic E-state index is -0.612. The van der Waals surface area contributed by atoms with Crippen LogP contribution >= 0.6 is 0 Å². The maximum Gasteiger partial charge on any atom is 0.312 e. The molecule has 0 radical (unpaired) electrons. The molecule has 15 fully saturated rings. The lowest BCUT2D eigenvalue weighted by Gasteiger charge is -2.61. The number of hydrogen-bond acceptors (Lipinski definition) is 14. The van der Waals surface area contributed by atoms with Crippen LogP contribution in [0.3, 0.4) is 0 Å². The van der Waals surface area contributed by atoms with Gasteiger partial charge < -0.3 is 38.3 Å². The Morgan fingerprint density at radius 2 is 0.848 bits per heavy atom. The number of fused-ring (bicyclic) bond motifs is 8. The maximum absolute atomic E-state index is 13.2. The number of esters is 6. The first kappa shape index (κ1) is 117. The zero-order chi connectivity index (χ0) is 92.1. The Bertz CT molecular complexity index is 3860. The van der Waals surface area contributed by atoms with E-state index in [1.165, 1.54) is 152 Å². The van der Waals surface area contributed by atoms with Gasteiger partial charge in [-0.25, -0.2) is 0 Å². The third kappa shape index (κ3) is 25.9. The average molecular weight is 1840 g/mol. The van der Waals surface area contributed by atoms with Gasteiger partial charge in [-0.1, -0.05) is 156 Å². The van der Waals surface area contributed by atoms with Crippen molar-refractivity contribution >= 4 is 42.1 Å². The summed E-state index contributed by atoms with van der Waals surface area (Å²) >= 11 is 0. The summed E-state index contributed by atoms with van der Waals surface area (Å²) in [6, 6.07) is 0. The van der Waals surface area contributed by atoms with Crippen molar-refractivity contribution in [3.63, 3.8) is 0 Å². The van der Waals surface area contributed by atoms with E-state index < -0.39 is 22.0 Å². The quantitative estimate of drug-likeness (QED) is 0.0353. The molecule has 14 unspecified atom stereocenters. The van der Waals surface area contributed by atoms with Gasteiger partial charge in [0.25, 0.3) is 0 Å². The van der Waals surface area contributed by atoms with Crippen molar-refractivity contribution in [3.05, 3.63) is 72.4 Å². The third-order valence-electron chi connectivity index (χ3n) is 36.9. The van der Waals surface area contributed by atoms with Crippen LogP contribution in [0.5, 0.6) is 0 Å². The Kier molecular flexibility index (Phi) is 42.0. The number of carbonyl (C=O) groups is 7. The average Bonchev–Trinajstić information content (AvgIpc) is 0.848. The van der Waals surface area contributed by atoms with Crippen molar-refractivity contribution in [3.8, 4) is 0 Å². The first-order valence-corrected chi connectivity index (χ1v) is 51.9. The van der Waals surface area contributed by atoms with Crippen LogP contribution in [-0.4, -0.2) is 86.4 Å². The van der Waals surface area contributed by atoms with Gasteiger partial charge in [0.1, 0.15) is 39.9 Å². The second-order valence-corrected chi connectivity index (χ2v) is 48.1. The summed E-state index contributed by atoms with van der Waals surface area (Å²) in [5.41, 5.74) is -0.867. The molecule has 0 spiro atoms. The van der Waals surface area contributed by atoms with Crippen molar-refractivity contribution in [2.24, 2.45) is 121 Å². The zero-order valence-corrected chi connectivity index (χ0v) is 83.3. The molecule has 14 heteroatoms. The van der Waals surface area contributed by atoms with Crippen molar-refractivity contribution in [2.45, 2.75) is 511 Å². The van der Waals surface area contributed by atoms with Crippen molar-refractivity contribution in [1.82, 2.24) is 0 Å². The number of hydrogen-bond donors (Lipinski definition) is 1. The van der Waals surface area contributed by atoms with E-state index in [9.17, 15) is 38.7 Å². The molecular formula is C118H202O14. The standard InChI is InChI=1S/C23H36O2.C22H34O3.C19H30O3.C17H28O2.C16H26O2.C15H24O2.6CH4/c1-5-22(3,4)21(24)25-23(18-8-6-15(2)7-9-18)19-11-16-10-17(13-19)14-20(23)12-16;1-4-21(2,3)20(24)25-22(13-16-7-5-6-8-16)14-18-11-17(9-10-23)12-19(18)15-22;1-4-17(2,3)16(20)22-19(14-8-6-5-7-9-14)13-18(21)11-10-15(19)12-18;1-5-7-10-17(12-13-8-9-14(17)11-13)19-15(18)16(3,4)6-2;1-5-15(3,4)14(17)18-16(6-2)10-12-8-7-9-13(12)11-16;1-5-14(3,4)13(16)17-15(6-2)10-11-7-8-12(15)9-11;;;;;;/h8,15-17,19-20H,5-7,9-14H2,1-4H3;10,13,17-19H,4-9,11-12,14-15H2,1-3H3;8,15,21H,4-7,9-13H2,1-3H3;7,10,13-14H,5-6,8-9,11-12H2,1-4H3;6,12-13H,2,5,7-11H2,1,3-4H3;6,11-12H,2,5,7-10H2,1,3-4H3;6*1H4/b;;;10-7+;;;;;;;;. The highest BCUT2D eigenvalue weighted by Crippen LogP contribution is 2.65. The molecule has 758 valence electrons. The number of aliphatic hydroxyl groups is 1. The second-order valence-electron chi connectivity index (χ2n) is 48.1. The summed E-state index contributed by atoms with van der Waals surface area (Å²) in [5.74, 6) is 9.65. The minimum Gasteiger partial charge on any atom is -0.454 e. The van der Waals surface area contributed by atoms with E-state index in [2.05, 4.69) is 92.0 Å². The summed E-state index contributed by atoms with van der Waals surface area (Å²) in [5, 5.41) is 10.8. The zero-order valence-electron chi connectivity index (χ0n) is 83.3. The SMILES string of the molecule is C.C.C.C.C.C.C=CC1(OC(=O)C(C)(C)CC)CC2CCC1C2.C=CC1(OC(=O)C(C)(C)CC)CC2CCCC2C1.CC/C=C/C1(OC(=O)C(C)(C)CC)CC2CCC1C2.CCC(C)(C)C(=O)OC1(C2=CCC(C)CC2)C2CC3CC(C2)CC1C3.CCC(C)(C)C(=O)OC1(C2=CCCCC2)CC2(O)CCC1C2.CCC(C)(C)C(=O)OC1(C=C2CCCC2)CC2CC(CC=O)CC2C1. The lowest BCUT2D eigenvalue weighted by atomic mass is 9.47. The molecule has 14 atom stereocenters. The lowest BCUT2D eigenvalue weighted by molar-refractivity contribution is -0.206. The van der Waals surface area contributed by atoms with Gasteiger partial charge in [-0.15, -0.1) is 0 Å². The maximum atomic E-state index is 13.2. The molecule has 0 aromatic rings. The third-order valence-corrected chi connectivity index (χ3v) is 36.9. The number of carbonyl (C=O) groups excluding carboxylic acids is 7. The normalized spacial score (nSPS) is 35.4. The first-order chi connectivity index (χ1) is 59.3. The smallest absolute Gasteiger partial charge is 0.312 e. The summed E-state index contributed by atoms with van der Waals surface area (Å²) in [4.78, 5) is 86.5. The minimum absolute atomic E-state index is 0. The van der Waals surface area contributed by atoms with Crippen molar-refractivity contribution in [1.29, 1.82) is 0 Å². The molecule has 17 aliphatic carbocycles. The van der Waals surface area contributed by atoms with Crippen LogP contribution in [0.4, 0.5) is 0 Å². The number of rotatable bonds is 27. The molecule has 0 aliphatic heterocycles. The number of allylic oxidation sites excluding steroid dienone is 4. The highest BCUT2D eigenvalue weighted by molar-refractivity contribution is 5.79. The van der Waals surface area contributed by atoms with Gasteiger partial charge in [-0.3, -0.25) is 28.8 Å². The van der Waals surface area contributed by atoms with Gasteiger partial charge in [0.15, 0.2) is 0 Å². The Balaban J connectivity index is 0.000000279. The molecule has 0 aromatic carbocycles. The molecule has 0 saturated heterocycles. The fraction of sp³-hybridized carbons (Fsp3) is 0.839. The molecule has 0 aromatic heterocycles. The largest absolute Gasteiger partial charge is 0.454 e. The van der Waals surface area contributed by atoms with E-state index in [-0.39, 0.29) is 130 Å². The summed E-state index contributed by atoms with van der Waals surface area (Å²) in [6.45, 7) is 48.4. The molecular weight excluding hydrogens is 1640 g/mol. The highest BCUT2D eigenvalue weighted by atomic mass is 16.6. The van der Waals surface area contributed by atoms with Gasteiger partial charge in [-0.05, 0) is 435 Å². The van der Waals surface area contributed by atoms with Crippen LogP contribution in [0.15, 0.2) is 72.4 Å². The fourth-order valence-corrected chi connectivity index (χ4v) is 26.1. The first-order valence-electron chi connectivity index (χ1n) is 51.9. The molecule has 15 saturated carbocycles. The van der Waals surface area contributed by atoms with E-state index in [4.69, 9.17) is 28.4 Å². The molecule has 1 N–H and O–H groups in total. The van der Waals surface area contributed by atoms with Crippen molar-refractivity contribution < 1.29 is 67.1 Å². The van der Waals surface area contributed by atoms with Gasteiger partial charge in [-0.2, -0.15) is 0 Å². The second kappa shape index (κ2) is 47.2. The van der Waals surface area contributed by atoms with Crippen molar-refractivity contribution in [2.75, 3.05) is 0 Å². The summed E-state index contributed by atoms with van der Waals surface area (Å²) < 4.78 is 37.0. The Morgan fingerprint density at radius 1 is 0.417 bits per heavy atom. The molecule has 0 heterocycles. The van der Waals surface area contributed by atoms with E-state index in [1.807, 2.05) is 102 Å². The predicted molar refractivity (Wildman–Crippen MR) is 546 cm³/mol. The van der Waals surface area contributed by atoms with Crippen LogP contribution < -0.4 is 0 Å². The Morgan fingerprint density at radius 3 is 1.23 bits per heavy atom. The van der Waals surface area contributed by atoms with E-state index >= 15 is 0 Å². The predicted octanol–water partition coefficient (Wildman–Crippen LogP) is 31.4. The molecule has 0 amide bonds.